The number of carbonyl (C=O) groups is 2. The summed E-state index contributed by atoms with van der Waals surface area (Å²) >= 11 is 0. The van der Waals surface area contributed by atoms with Gasteiger partial charge < -0.3 is 14.7 Å². The maximum atomic E-state index is 17.4. The van der Waals surface area contributed by atoms with Crippen molar-refractivity contribution in [1.29, 1.82) is 0 Å². The van der Waals surface area contributed by atoms with Gasteiger partial charge in [-0.1, -0.05) is 26.5 Å². The second-order valence-electron chi connectivity index (χ2n) is 12.7. The van der Waals surface area contributed by atoms with Crippen molar-refractivity contribution in [2.45, 2.75) is 52.6 Å². The molecular weight excluding hydrogens is 599 g/mol. The lowest BCUT2D eigenvalue weighted by molar-refractivity contribution is -0.130. The smallest absolute Gasteiger partial charge is 0.340 e. The zero-order valence-corrected chi connectivity index (χ0v) is 27.1. The van der Waals surface area contributed by atoms with Gasteiger partial charge in [-0.05, 0) is 67.7 Å². The average molecular weight is 635 g/mol. The maximum absolute atomic E-state index is 17.4. The molecule has 0 spiro atoms. The minimum absolute atomic E-state index is 0.00920. The number of rotatable bonds is 4. The van der Waals surface area contributed by atoms with Gasteiger partial charge in [-0.15, -0.1) is 0 Å². The van der Waals surface area contributed by atoms with Crippen molar-refractivity contribution in [3.63, 3.8) is 0 Å². The molecule has 0 saturated carbocycles. The average Bonchev–Trinajstić information content (AvgIpc) is 3.50. The molecule has 1 N–H and O–H groups in total. The molecule has 2 aliphatic rings. The summed E-state index contributed by atoms with van der Waals surface area (Å²) in [4.78, 5) is 55.5. The lowest BCUT2D eigenvalue weighted by Crippen LogP contribution is -2.63. The number of anilines is 2. The van der Waals surface area contributed by atoms with E-state index >= 15 is 4.39 Å². The van der Waals surface area contributed by atoms with E-state index in [1.807, 2.05) is 52.8 Å². The van der Waals surface area contributed by atoms with Crippen molar-refractivity contribution < 1.29 is 14.0 Å². The predicted octanol–water partition coefficient (Wildman–Crippen LogP) is 4.77. The topological polar surface area (TPSA) is 120 Å². The van der Waals surface area contributed by atoms with Crippen molar-refractivity contribution in [3.05, 3.63) is 82.4 Å². The molecule has 5 aromatic rings. The molecule has 2 amide bonds. The first-order chi connectivity index (χ1) is 22.4. The second-order valence-corrected chi connectivity index (χ2v) is 12.7. The van der Waals surface area contributed by atoms with Crippen LogP contribution in [-0.2, 0) is 9.59 Å². The Hall–Kier alpha value is -5.39. The van der Waals surface area contributed by atoms with Crippen LogP contribution >= 0.6 is 0 Å². The number of aryl methyl sites for hydroxylation is 2. The first-order valence-electron chi connectivity index (χ1n) is 15.6. The summed E-state index contributed by atoms with van der Waals surface area (Å²) in [5, 5.41) is 8.20. The number of nitrogens with one attached hydrogen (secondary N) is 1. The Labute approximate surface area is 270 Å². The molecule has 1 saturated heterocycles. The number of piperazine rings is 1. The van der Waals surface area contributed by atoms with Gasteiger partial charge in [0.25, 0.3) is 5.91 Å². The summed E-state index contributed by atoms with van der Waals surface area (Å²) in [6.45, 7) is 13.5. The third-order valence-corrected chi connectivity index (χ3v) is 9.52. The van der Waals surface area contributed by atoms with Crippen LogP contribution < -0.4 is 15.5 Å². The number of pyridine rings is 1. The molecule has 7 rings (SSSR count). The van der Waals surface area contributed by atoms with Crippen LogP contribution in [0.1, 0.15) is 43.5 Å². The summed E-state index contributed by atoms with van der Waals surface area (Å²) in [5.74, 6) is -1.21. The highest BCUT2D eigenvalue weighted by atomic mass is 19.1. The van der Waals surface area contributed by atoms with Gasteiger partial charge in [0.15, 0.2) is 5.82 Å². The highest BCUT2D eigenvalue weighted by Gasteiger charge is 2.44. The number of amides is 2. The first-order valence-corrected chi connectivity index (χ1v) is 15.6. The Balaban J connectivity index is 1.65. The minimum atomic E-state index is -0.910. The summed E-state index contributed by atoms with van der Waals surface area (Å²) in [5.41, 5.74) is 4.18. The van der Waals surface area contributed by atoms with Crippen molar-refractivity contribution in [2.24, 2.45) is 0 Å². The number of nitrogens with zero attached hydrogens (tertiary/aromatic N) is 7. The van der Waals surface area contributed by atoms with Crippen molar-refractivity contribution in [1.82, 2.24) is 29.6 Å². The Morgan fingerprint density at radius 3 is 2.62 bits per heavy atom. The lowest BCUT2D eigenvalue weighted by Gasteiger charge is -2.44. The van der Waals surface area contributed by atoms with E-state index in [2.05, 4.69) is 26.7 Å². The number of likely N-dealkylation sites (N-methyl/N-ethyl adjacent to an activating group) is 1. The van der Waals surface area contributed by atoms with Gasteiger partial charge in [-0.25, -0.2) is 9.18 Å². The van der Waals surface area contributed by atoms with Gasteiger partial charge in [0.1, 0.15) is 11.9 Å². The zero-order valence-electron chi connectivity index (χ0n) is 27.1. The van der Waals surface area contributed by atoms with Gasteiger partial charge in [0.2, 0.25) is 5.91 Å². The van der Waals surface area contributed by atoms with Crippen LogP contribution in [0.3, 0.4) is 0 Å². The molecule has 0 aliphatic carbocycles. The highest BCUT2D eigenvalue weighted by molar-refractivity contribution is 6.15. The summed E-state index contributed by atoms with van der Waals surface area (Å²) in [7, 11) is 1.53. The monoisotopic (exact) mass is 634 g/mol. The van der Waals surface area contributed by atoms with Crippen LogP contribution in [0.25, 0.3) is 38.6 Å². The van der Waals surface area contributed by atoms with Gasteiger partial charge in [0, 0.05) is 36.8 Å². The van der Waals surface area contributed by atoms with Crippen LogP contribution in [0.2, 0.25) is 0 Å². The van der Waals surface area contributed by atoms with Crippen LogP contribution in [0.5, 0.6) is 0 Å². The van der Waals surface area contributed by atoms with Gasteiger partial charge in [-0.3, -0.25) is 24.2 Å². The number of hydrogen-bond acceptors (Lipinski definition) is 7. The van der Waals surface area contributed by atoms with E-state index in [0.29, 0.717) is 33.2 Å². The van der Waals surface area contributed by atoms with E-state index in [0.717, 1.165) is 16.6 Å². The van der Waals surface area contributed by atoms with Crippen molar-refractivity contribution in [2.75, 3.05) is 29.9 Å². The molecule has 0 bridgehead atoms. The number of aromatic amines is 1. The number of aromatic nitrogens is 5. The quantitative estimate of drug-likeness (QED) is 0.283. The Morgan fingerprint density at radius 2 is 1.89 bits per heavy atom. The lowest BCUT2D eigenvalue weighted by atomic mass is 9.94. The van der Waals surface area contributed by atoms with Crippen LogP contribution in [-0.4, -0.2) is 73.7 Å². The molecule has 2 unspecified atom stereocenters. The van der Waals surface area contributed by atoms with Crippen molar-refractivity contribution in [3.8, 4) is 16.8 Å². The van der Waals surface area contributed by atoms with Crippen molar-refractivity contribution >= 4 is 45.1 Å². The second kappa shape index (κ2) is 10.9. The summed E-state index contributed by atoms with van der Waals surface area (Å²) in [6.07, 6.45) is 4.57. The number of fused-ring (bicyclic) bond motifs is 3. The van der Waals surface area contributed by atoms with Crippen LogP contribution in [0.15, 0.2) is 54.1 Å². The van der Waals surface area contributed by atoms with E-state index in [4.69, 9.17) is 0 Å². The van der Waals surface area contributed by atoms with Gasteiger partial charge >= 0.3 is 5.69 Å². The molecule has 2 aromatic carbocycles. The van der Waals surface area contributed by atoms with Crippen LogP contribution in [0, 0.1) is 19.7 Å². The molecule has 2 aliphatic heterocycles. The largest absolute Gasteiger partial charge is 0.354 e. The number of carbonyl (C=O) groups excluding carboxylic acids is 2. The fourth-order valence-corrected chi connectivity index (χ4v) is 7.20. The Bertz CT molecular complexity index is 2220. The summed E-state index contributed by atoms with van der Waals surface area (Å²) < 4.78 is 18.9. The maximum Gasteiger partial charge on any atom is 0.354 e. The summed E-state index contributed by atoms with van der Waals surface area (Å²) in [6, 6.07) is 6.03. The number of benzene rings is 2. The van der Waals surface area contributed by atoms with E-state index in [1.54, 1.807) is 28.3 Å². The highest BCUT2D eigenvalue weighted by Crippen LogP contribution is 2.46. The fraction of sp³-hybridized carbons (Fsp3) is 0.314. The standard InChI is InChI=1S/C35H35FN8O3/c1-8-26(45)42-16-25-34(46)41(7)32-28-24(13-21(29(32)36)27-18(4)9-10-23-22(27)14-38-40-23)44(31-19(5)11-12-37-30(31)17(2)3)35(47)39-33(28)43(25)15-20(42)6/h8-14,17,20,25H,1,15-16H2,2-7H3,(H,38,40). The predicted molar refractivity (Wildman–Crippen MR) is 180 cm³/mol. The first kappa shape index (κ1) is 30.3. The molecule has 12 heteroatoms. The third-order valence-electron chi connectivity index (χ3n) is 9.52. The van der Waals surface area contributed by atoms with Gasteiger partial charge in [0.05, 0.1) is 46.2 Å². The molecule has 240 valence electrons. The normalized spacial score (nSPS) is 17.9. The molecule has 1 fully saturated rings. The van der Waals surface area contributed by atoms with E-state index in [-0.39, 0.29) is 48.0 Å². The number of hydrogen-bond donors (Lipinski definition) is 1. The molecule has 3 aromatic heterocycles. The molecule has 47 heavy (non-hydrogen) atoms. The SMILES string of the molecule is C=CC(=O)N1CC2C(=O)N(C)c3c(F)c(-c4c(C)ccc5[nH]ncc45)cc4c3c(nc(=O)n4-c3c(C)ccnc3C(C)C)N2CC1C. The molecule has 5 heterocycles. The van der Waals surface area contributed by atoms with Crippen LogP contribution in [0.4, 0.5) is 15.9 Å². The number of halogens is 1. The molecular formula is C35H35FN8O3. The molecule has 2 atom stereocenters. The molecule has 11 nitrogen and oxygen atoms in total. The van der Waals surface area contributed by atoms with E-state index in [1.165, 1.54) is 22.6 Å². The fourth-order valence-electron chi connectivity index (χ4n) is 7.20. The van der Waals surface area contributed by atoms with E-state index in [9.17, 15) is 14.4 Å². The Kier molecular flexibility index (Phi) is 6.99. The van der Waals surface area contributed by atoms with E-state index < -0.39 is 23.5 Å². The number of H-pyrrole nitrogens is 1. The third kappa shape index (κ3) is 4.38. The molecule has 0 radical (unpaired) electrons. The minimum Gasteiger partial charge on any atom is -0.340 e. The van der Waals surface area contributed by atoms with Gasteiger partial charge in [-0.2, -0.15) is 10.1 Å². The zero-order chi connectivity index (χ0) is 33.5. The Morgan fingerprint density at radius 1 is 1.13 bits per heavy atom.